The number of fused-ring (bicyclic) bond motifs is 6. The molecule has 0 N–H and O–H groups in total. The van der Waals surface area contributed by atoms with E-state index in [0.29, 0.717) is 34.7 Å². The monoisotopic (exact) mass is 316 g/mol. The van der Waals surface area contributed by atoms with Gasteiger partial charge in [0, 0.05) is 12.3 Å². The number of hydrogen-bond acceptors (Lipinski definition) is 2. The van der Waals surface area contributed by atoms with Crippen molar-refractivity contribution >= 4 is 5.78 Å². The summed E-state index contributed by atoms with van der Waals surface area (Å²) < 4.78 is 6.03. The summed E-state index contributed by atoms with van der Waals surface area (Å²) in [5, 5.41) is 0. The Morgan fingerprint density at radius 1 is 1.04 bits per heavy atom. The SMILES string of the molecule is C[C@@H]1[C@@H]2O[C@@H]2C[C@@]2(C)[C@H]1CC[C@@]1(C)[C@H]2CC[C@@H]2C(=O)CC[C@@]21C. The largest absolute Gasteiger partial charge is 0.369 e. The summed E-state index contributed by atoms with van der Waals surface area (Å²) in [7, 11) is 0. The zero-order valence-electron chi connectivity index (χ0n) is 15.2. The van der Waals surface area contributed by atoms with Crippen LogP contribution in [0.5, 0.6) is 0 Å². The van der Waals surface area contributed by atoms with Crippen LogP contribution in [0, 0.1) is 39.9 Å². The fraction of sp³-hybridized carbons (Fsp3) is 0.952. The van der Waals surface area contributed by atoms with Crippen molar-refractivity contribution in [3.05, 3.63) is 0 Å². The average molecular weight is 316 g/mol. The van der Waals surface area contributed by atoms with E-state index in [4.69, 9.17) is 4.74 Å². The Labute approximate surface area is 140 Å². The third-order valence-electron chi connectivity index (χ3n) is 9.90. The molecule has 0 bridgehead atoms. The van der Waals surface area contributed by atoms with Crippen LogP contribution in [0.15, 0.2) is 0 Å². The summed E-state index contributed by atoms with van der Waals surface area (Å²) in [4.78, 5) is 12.5. The van der Waals surface area contributed by atoms with Crippen molar-refractivity contribution in [3.63, 3.8) is 0 Å². The molecule has 0 unspecified atom stereocenters. The van der Waals surface area contributed by atoms with Crippen molar-refractivity contribution in [2.45, 2.75) is 84.8 Å². The molecular formula is C21H32O2. The Morgan fingerprint density at radius 2 is 1.83 bits per heavy atom. The summed E-state index contributed by atoms with van der Waals surface area (Å²) in [6.45, 7) is 10.1. The van der Waals surface area contributed by atoms with E-state index in [1.165, 1.54) is 25.7 Å². The molecule has 2 heteroatoms. The van der Waals surface area contributed by atoms with Gasteiger partial charge in [0.15, 0.2) is 0 Å². The molecule has 0 radical (unpaired) electrons. The van der Waals surface area contributed by atoms with Crippen LogP contribution in [-0.2, 0) is 9.53 Å². The molecule has 5 rings (SSSR count). The Morgan fingerprint density at radius 3 is 2.61 bits per heavy atom. The van der Waals surface area contributed by atoms with Gasteiger partial charge in [0.1, 0.15) is 5.78 Å². The van der Waals surface area contributed by atoms with Crippen molar-refractivity contribution in [2.24, 2.45) is 39.9 Å². The Balaban J connectivity index is 1.57. The highest BCUT2D eigenvalue weighted by atomic mass is 16.6. The number of epoxide rings is 1. The lowest BCUT2D eigenvalue weighted by Crippen LogP contribution is -2.61. The van der Waals surface area contributed by atoms with E-state index in [9.17, 15) is 4.79 Å². The van der Waals surface area contributed by atoms with Crippen molar-refractivity contribution < 1.29 is 9.53 Å². The zero-order valence-corrected chi connectivity index (χ0v) is 15.2. The molecule has 5 fully saturated rings. The maximum absolute atomic E-state index is 12.5. The highest BCUT2D eigenvalue weighted by molar-refractivity contribution is 5.84. The number of ether oxygens (including phenoxy) is 1. The molecule has 0 aromatic rings. The molecule has 23 heavy (non-hydrogen) atoms. The van der Waals surface area contributed by atoms with Gasteiger partial charge in [-0.1, -0.05) is 27.7 Å². The van der Waals surface area contributed by atoms with Gasteiger partial charge in [-0.05, 0) is 72.5 Å². The predicted molar refractivity (Wildman–Crippen MR) is 89.9 cm³/mol. The minimum Gasteiger partial charge on any atom is -0.369 e. The highest BCUT2D eigenvalue weighted by Gasteiger charge is 2.69. The predicted octanol–water partition coefficient (Wildman–Crippen LogP) is 4.61. The van der Waals surface area contributed by atoms with E-state index in [1.807, 2.05) is 0 Å². The standard InChI is InChI=1S/C21H32O2/c1-12-13-7-9-21(4)17(19(13,2)11-16-18(12)23-16)6-5-14-15(22)8-10-20(14,21)3/h12-14,16-18H,5-11H2,1-4H3/t12-,13-,14+,16+,17-,18-,19-,20-,21-/m0/s1. The van der Waals surface area contributed by atoms with Crippen LogP contribution in [-0.4, -0.2) is 18.0 Å². The van der Waals surface area contributed by atoms with E-state index in [-0.39, 0.29) is 5.41 Å². The van der Waals surface area contributed by atoms with Gasteiger partial charge in [-0.3, -0.25) is 4.79 Å². The van der Waals surface area contributed by atoms with Crippen LogP contribution in [0.2, 0.25) is 0 Å². The van der Waals surface area contributed by atoms with E-state index < -0.39 is 0 Å². The first kappa shape index (κ1) is 14.9. The first-order chi connectivity index (χ1) is 10.8. The normalized spacial score (nSPS) is 63.7. The quantitative estimate of drug-likeness (QED) is 0.611. The van der Waals surface area contributed by atoms with Gasteiger partial charge in [0.2, 0.25) is 0 Å². The van der Waals surface area contributed by atoms with E-state index >= 15 is 0 Å². The lowest BCUT2D eigenvalue weighted by atomic mass is 9.37. The first-order valence-corrected chi connectivity index (χ1v) is 9.99. The second-order valence-electron chi connectivity index (χ2n) is 10.3. The highest BCUT2D eigenvalue weighted by Crippen LogP contribution is 2.73. The Hall–Kier alpha value is -0.370. The minimum atomic E-state index is 0.255. The average Bonchev–Trinajstić information content (AvgIpc) is 3.19. The smallest absolute Gasteiger partial charge is 0.136 e. The second kappa shape index (κ2) is 4.23. The Kier molecular flexibility index (Phi) is 2.75. The molecule has 9 atom stereocenters. The van der Waals surface area contributed by atoms with Gasteiger partial charge in [-0.15, -0.1) is 0 Å². The fourth-order valence-electron chi connectivity index (χ4n) is 8.46. The van der Waals surface area contributed by atoms with E-state index in [0.717, 1.165) is 37.0 Å². The summed E-state index contributed by atoms with van der Waals surface area (Å²) in [5.74, 6) is 3.28. The summed E-state index contributed by atoms with van der Waals surface area (Å²) in [6.07, 6.45) is 9.49. The maximum Gasteiger partial charge on any atom is 0.136 e. The number of carbonyl (C=O) groups is 1. The summed E-state index contributed by atoms with van der Waals surface area (Å²) in [5.41, 5.74) is 1.05. The lowest BCUT2D eigenvalue weighted by molar-refractivity contribution is -0.183. The number of Topliss-reactive ketones (excluding diaryl/α,β-unsaturated/α-hetero) is 1. The molecule has 0 aromatic heterocycles. The van der Waals surface area contributed by atoms with E-state index in [1.54, 1.807) is 0 Å². The topological polar surface area (TPSA) is 29.6 Å². The Bertz CT molecular complexity index is 570. The summed E-state index contributed by atoms with van der Waals surface area (Å²) >= 11 is 0. The van der Waals surface area contributed by atoms with Gasteiger partial charge in [-0.2, -0.15) is 0 Å². The maximum atomic E-state index is 12.5. The summed E-state index contributed by atoms with van der Waals surface area (Å²) in [6, 6.07) is 0. The van der Waals surface area contributed by atoms with Crippen LogP contribution < -0.4 is 0 Å². The fourth-order valence-corrected chi connectivity index (χ4v) is 8.46. The third kappa shape index (κ3) is 1.58. The van der Waals surface area contributed by atoms with Gasteiger partial charge in [-0.25, -0.2) is 0 Å². The molecular weight excluding hydrogens is 284 g/mol. The van der Waals surface area contributed by atoms with Crippen molar-refractivity contribution in [3.8, 4) is 0 Å². The first-order valence-electron chi connectivity index (χ1n) is 9.99. The lowest BCUT2D eigenvalue weighted by Gasteiger charge is -2.66. The molecule has 0 amide bonds. The molecule has 128 valence electrons. The number of carbonyl (C=O) groups excluding carboxylic acids is 1. The van der Waals surface area contributed by atoms with Gasteiger partial charge in [0.25, 0.3) is 0 Å². The van der Waals surface area contributed by atoms with Crippen LogP contribution in [0.25, 0.3) is 0 Å². The van der Waals surface area contributed by atoms with Gasteiger partial charge < -0.3 is 4.74 Å². The van der Waals surface area contributed by atoms with Crippen molar-refractivity contribution in [2.75, 3.05) is 0 Å². The molecule has 0 aromatic carbocycles. The number of hydrogen-bond donors (Lipinski definition) is 0. The second-order valence-corrected chi connectivity index (χ2v) is 10.3. The molecule has 1 aliphatic heterocycles. The van der Waals surface area contributed by atoms with Crippen LogP contribution in [0.4, 0.5) is 0 Å². The van der Waals surface area contributed by atoms with Crippen molar-refractivity contribution in [1.29, 1.82) is 0 Å². The molecule has 4 saturated carbocycles. The molecule has 4 aliphatic carbocycles. The molecule has 2 nitrogen and oxygen atoms in total. The third-order valence-corrected chi connectivity index (χ3v) is 9.90. The van der Waals surface area contributed by atoms with Crippen LogP contribution >= 0.6 is 0 Å². The molecule has 1 heterocycles. The zero-order chi connectivity index (χ0) is 16.2. The van der Waals surface area contributed by atoms with Crippen molar-refractivity contribution in [1.82, 2.24) is 0 Å². The number of rotatable bonds is 0. The van der Waals surface area contributed by atoms with Gasteiger partial charge >= 0.3 is 0 Å². The minimum absolute atomic E-state index is 0.255. The number of ketones is 1. The van der Waals surface area contributed by atoms with Crippen LogP contribution in [0.1, 0.15) is 72.6 Å². The van der Waals surface area contributed by atoms with Gasteiger partial charge in [0.05, 0.1) is 12.2 Å². The van der Waals surface area contributed by atoms with E-state index in [2.05, 4.69) is 27.7 Å². The molecule has 0 spiro atoms. The van der Waals surface area contributed by atoms with Crippen LogP contribution in [0.3, 0.4) is 0 Å². The molecule has 5 aliphatic rings. The molecule has 1 saturated heterocycles.